The predicted molar refractivity (Wildman–Crippen MR) is 86.3 cm³/mol. The Balaban J connectivity index is 1.41. The summed E-state index contributed by atoms with van der Waals surface area (Å²) in [6.45, 7) is 5.09. The van der Waals surface area contributed by atoms with Crippen LogP contribution in [0.2, 0.25) is 5.02 Å². The average Bonchev–Trinajstić information content (AvgIpc) is 3.40. The quantitative estimate of drug-likeness (QED) is 0.849. The van der Waals surface area contributed by atoms with E-state index in [1.807, 2.05) is 17.0 Å². The van der Waals surface area contributed by atoms with Gasteiger partial charge >= 0.3 is 0 Å². The van der Waals surface area contributed by atoms with Gasteiger partial charge in [-0.05, 0) is 25.0 Å². The summed E-state index contributed by atoms with van der Waals surface area (Å²) in [5.74, 6) is 1.58. The van der Waals surface area contributed by atoms with Crippen molar-refractivity contribution in [3.05, 3.63) is 28.3 Å². The van der Waals surface area contributed by atoms with Crippen LogP contribution in [0.15, 0.2) is 12.1 Å². The molecule has 0 aromatic heterocycles. The molecule has 6 heteroatoms. The molecule has 2 aliphatic heterocycles. The number of carbonyl (C=O) groups is 1. The third-order valence-corrected chi connectivity index (χ3v) is 4.97. The molecule has 4 rings (SSSR count). The Hall–Kier alpha value is -1.30. The molecule has 1 aromatic carbocycles. The van der Waals surface area contributed by atoms with Gasteiger partial charge in [0.1, 0.15) is 5.75 Å². The first-order valence-corrected chi connectivity index (χ1v) is 8.61. The van der Waals surface area contributed by atoms with E-state index < -0.39 is 0 Å². The molecule has 2 heterocycles. The standard InChI is InChI=1S/C17H21ClN2O3/c18-15-7-13(16-14(8-15)10-22-11-23-16)9-19-3-5-20(6-4-19)17(21)12-1-2-12/h7-8,12H,1-6,9-11H2. The lowest BCUT2D eigenvalue weighted by molar-refractivity contribution is -0.134. The first-order chi connectivity index (χ1) is 11.2. The van der Waals surface area contributed by atoms with E-state index in [1.165, 1.54) is 0 Å². The van der Waals surface area contributed by atoms with E-state index in [0.29, 0.717) is 25.2 Å². The lowest BCUT2D eigenvalue weighted by Crippen LogP contribution is -2.48. The fraction of sp³-hybridized carbons (Fsp3) is 0.588. The zero-order chi connectivity index (χ0) is 15.8. The Morgan fingerprint density at radius 2 is 2.00 bits per heavy atom. The molecule has 23 heavy (non-hydrogen) atoms. The van der Waals surface area contributed by atoms with Crippen LogP contribution in [0.1, 0.15) is 24.0 Å². The molecule has 0 unspecified atom stereocenters. The minimum absolute atomic E-state index is 0.297. The monoisotopic (exact) mass is 336 g/mol. The number of amides is 1. The molecule has 3 aliphatic rings. The minimum atomic E-state index is 0.297. The molecule has 1 aliphatic carbocycles. The minimum Gasteiger partial charge on any atom is -0.467 e. The van der Waals surface area contributed by atoms with Crippen LogP contribution in [0.5, 0.6) is 5.75 Å². The van der Waals surface area contributed by atoms with E-state index in [2.05, 4.69) is 4.90 Å². The van der Waals surface area contributed by atoms with E-state index in [-0.39, 0.29) is 0 Å². The van der Waals surface area contributed by atoms with Crippen molar-refractivity contribution in [1.82, 2.24) is 9.80 Å². The van der Waals surface area contributed by atoms with Crippen LogP contribution in [0, 0.1) is 5.92 Å². The molecular weight excluding hydrogens is 316 g/mol. The molecule has 0 bridgehead atoms. The second-order valence-electron chi connectivity index (χ2n) is 6.54. The first kappa shape index (κ1) is 15.2. The number of fused-ring (bicyclic) bond motifs is 1. The highest BCUT2D eigenvalue weighted by Crippen LogP contribution is 2.33. The van der Waals surface area contributed by atoms with E-state index >= 15 is 0 Å². The molecule has 1 aromatic rings. The highest BCUT2D eigenvalue weighted by atomic mass is 35.5. The fourth-order valence-electron chi connectivity index (χ4n) is 3.33. The smallest absolute Gasteiger partial charge is 0.225 e. The van der Waals surface area contributed by atoms with Crippen molar-refractivity contribution in [3.8, 4) is 5.75 Å². The van der Waals surface area contributed by atoms with Crippen LogP contribution in [-0.2, 0) is 22.7 Å². The molecule has 2 fully saturated rings. The van der Waals surface area contributed by atoms with Crippen LogP contribution in [0.25, 0.3) is 0 Å². The SMILES string of the molecule is O=C(C1CC1)N1CCN(Cc2cc(Cl)cc3c2OCOC3)CC1. The van der Waals surface area contributed by atoms with Gasteiger partial charge in [-0.25, -0.2) is 0 Å². The normalized spacial score (nSPS) is 21.7. The molecule has 0 atom stereocenters. The molecule has 124 valence electrons. The Kier molecular flexibility index (Phi) is 4.18. The maximum absolute atomic E-state index is 12.1. The van der Waals surface area contributed by atoms with Gasteiger partial charge in [-0.2, -0.15) is 0 Å². The Morgan fingerprint density at radius 1 is 1.22 bits per heavy atom. The summed E-state index contributed by atoms with van der Waals surface area (Å²) in [7, 11) is 0. The number of nitrogens with zero attached hydrogens (tertiary/aromatic N) is 2. The van der Waals surface area contributed by atoms with Crippen LogP contribution < -0.4 is 4.74 Å². The van der Waals surface area contributed by atoms with Crippen molar-refractivity contribution in [3.63, 3.8) is 0 Å². The zero-order valence-corrected chi connectivity index (χ0v) is 13.8. The summed E-state index contributed by atoms with van der Waals surface area (Å²) < 4.78 is 11.0. The summed E-state index contributed by atoms with van der Waals surface area (Å²) in [6.07, 6.45) is 2.15. The average molecular weight is 337 g/mol. The van der Waals surface area contributed by atoms with Gasteiger partial charge in [-0.3, -0.25) is 9.69 Å². The maximum Gasteiger partial charge on any atom is 0.225 e. The van der Waals surface area contributed by atoms with Crippen LogP contribution in [0.4, 0.5) is 0 Å². The highest BCUT2D eigenvalue weighted by molar-refractivity contribution is 6.30. The summed E-state index contributed by atoms with van der Waals surface area (Å²) >= 11 is 6.22. The highest BCUT2D eigenvalue weighted by Gasteiger charge is 2.34. The number of hydrogen-bond donors (Lipinski definition) is 0. The molecule has 0 spiro atoms. The van der Waals surface area contributed by atoms with Crippen molar-refractivity contribution in [1.29, 1.82) is 0 Å². The second kappa shape index (κ2) is 6.30. The van der Waals surface area contributed by atoms with Gasteiger partial charge in [0.25, 0.3) is 0 Å². The van der Waals surface area contributed by atoms with Gasteiger partial charge in [-0.15, -0.1) is 0 Å². The van der Waals surface area contributed by atoms with E-state index in [0.717, 1.165) is 67.5 Å². The van der Waals surface area contributed by atoms with Gasteiger partial charge in [0.2, 0.25) is 5.91 Å². The molecule has 5 nitrogen and oxygen atoms in total. The van der Waals surface area contributed by atoms with Crippen molar-refractivity contribution in [2.24, 2.45) is 5.92 Å². The van der Waals surface area contributed by atoms with Gasteiger partial charge in [0.15, 0.2) is 6.79 Å². The van der Waals surface area contributed by atoms with Crippen molar-refractivity contribution in [2.45, 2.75) is 26.0 Å². The third kappa shape index (κ3) is 3.32. The molecular formula is C17H21ClN2O3. The van der Waals surface area contributed by atoms with Crippen LogP contribution in [-0.4, -0.2) is 48.7 Å². The molecule has 0 radical (unpaired) electrons. The van der Waals surface area contributed by atoms with Gasteiger partial charge in [0, 0.05) is 54.8 Å². The largest absolute Gasteiger partial charge is 0.467 e. The lowest BCUT2D eigenvalue weighted by Gasteiger charge is -2.35. The number of ether oxygens (including phenoxy) is 2. The molecule has 1 saturated heterocycles. The number of carbonyl (C=O) groups excluding carboxylic acids is 1. The van der Waals surface area contributed by atoms with Gasteiger partial charge in [0.05, 0.1) is 6.61 Å². The number of hydrogen-bond acceptors (Lipinski definition) is 4. The Morgan fingerprint density at radius 3 is 2.74 bits per heavy atom. The molecule has 1 saturated carbocycles. The topological polar surface area (TPSA) is 42.0 Å². The molecule has 0 N–H and O–H groups in total. The number of benzene rings is 1. The van der Waals surface area contributed by atoms with E-state index in [9.17, 15) is 4.79 Å². The van der Waals surface area contributed by atoms with Crippen molar-refractivity contribution >= 4 is 17.5 Å². The van der Waals surface area contributed by atoms with E-state index in [4.69, 9.17) is 21.1 Å². The number of piperazine rings is 1. The first-order valence-electron chi connectivity index (χ1n) is 8.23. The lowest BCUT2D eigenvalue weighted by atomic mass is 10.1. The third-order valence-electron chi connectivity index (χ3n) is 4.76. The number of rotatable bonds is 3. The maximum atomic E-state index is 12.1. The summed E-state index contributed by atoms with van der Waals surface area (Å²) in [4.78, 5) is 16.5. The Labute approximate surface area is 141 Å². The fourth-order valence-corrected chi connectivity index (χ4v) is 3.59. The van der Waals surface area contributed by atoms with Gasteiger partial charge < -0.3 is 14.4 Å². The zero-order valence-electron chi connectivity index (χ0n) is 13.1. The number of halogens is 1. The van der Waals surface area contributed by atoms with Crippen LogP contribution >= 0.6 is 11.6 Å². The van der Waals surface area contributed by atoms with Gasteiger partial charge in [-0.1, -0.05) is 11.6 Å². The summed E-state index contributed by atoms with van der Waals surface area (Å²) in [5.41, 5.74) is 2.12. The predicted octanol–water partition coefficient (Wildman–Crippen LogP) is 2.26. The Bertz CT molecular complexity index is 610. The molecule has 1 amide bonds. The summed E-state index contributed by atoms with van der Waals surface area (Å²) in [6, 6.07) is 3.89. The van der Waals surface area contributed by atoms with Crippen LogP contribution in [0.3, 0.4) is 0 Å². The summed E-state index contributed by atoms with van der Waals surface area (Å²) in [5, 5.41) is 0.718. The van der Waals surface area contributed by atoms with Crippen molar-refractivity contribution in [2.75, 3.05) is 33.0 Å². The van der Waals surface area contributed by atoms with Crippen molar-refractivity contribution < 1.29 is 14.3 Å². The second-order valence-corrected chi connectivity index (χ2v) is 6.98. The van der Waals surface area contributed by atoms with E-state index in [1.54, 1.807) is 0 Å².